The van der Waals surface area contributed by atoms with Crippen LogP contribution in [0.4, 0.5) is 0 Å². The second kappa shape index (κ2) is 4.51. The number of ether oxygens (including phenoxy) is 1. The average molecular weight is 262 g/mol. The summed E-state index contributed by atoms with van der Waals surface area (Å²) >= 11 is 0. The number of aromatic nitrogens is 4. The van der Waals surface area contributed by atoms with Crippen LogP contribution in [-0.2, 0) is 24.3 Å². The van der Waals surface area contributed by atoms with Gasteiger partial charge in [0.05, 0.1) is 18.9 Å². The molecule has 0 aliphatic carbocycles. The average Bonchev–Trinajstić information content (AvgIpc) is 3.02. The number of hydrogen-bond acceptors (Lipinski definition) is 4. The minimum absolute atomic E-state index is 0.0562. The Bertz CT molecular complexity index is 629. The first-order valence-electron chi connectivity index (χ1n) is 6.16. The quantitative estimate of drug-likeness (QED) is 0.887. The van der Waals surface area contributed by atoms with Crippen molar-refractivity contribution in [3.63, 3.8) is 0 Å². The molecule has 0 unspecified atom stereocenters. The largest absolute Gasteiger partial charge is 0.476 e. The number of carboxylic acid groups (broad SMARTS) is 1. The van der Waals surface area contributed by atoms with Gasteiger partial charge in [-0.05, 0) is 6.92 Å². The summed E-state index contributed by atoms with van der Waals surface area (Å²) < 4.78 is 8.72. The maximum absolute atomic E-state index is 11.2. The fourth-order valence-corrected chi connectivity index (χ4v) is 2.24. The maximum atomic E-state index is 11.2. The van der Waals surface area contributed by atoms with Gasteiger partial charge in [-0.25, -0.2) is 9.48 Å². The number of hydrogen-bond donors (Lipinski definition) is 1. The maximum Gasteiger partial charge on any atom is 0.356 e. The van der Waals surface area contributed by atoms with Crippen LogP contribution in [0, 0.1) is 0 Å². The van der Waals surface area contributed by atoms with Crippen LogP contribution in [0.3, 0.4) is 0 Å². The number of carboxylic acids is 1. The van der Waals surface area contributed by atoms with Crippen molar-refractivity contribution in [1.82, 2.24) is 19.6 Å². The SMILES string of the molecule is CCn1ccc(-n2nc(C(=O)O)c3c2CCOC3)n1. The predicted octanol–water partition coefficient (Wildman–Crippen LogP) is 0.860. The molecule has 19 heavy (non-hydrogen) atoms. The van der Waals surface area contributed by atoms with Crippen molar-refractivity contribution < 1.29 is 14.6 Å². The highest BCUT2D eigenvalue weighted by atomic mass is 16.5. The minimum atomic E-state index is -1.03. The number of aryl methyl sites for hydroxylation is 1. The van der Waals surface area contributed by atoms with Gasteiger partial charge in [-0.2, -0.15) is 10.2 Å². The number of rotatable bonds is 3. The Kier molecular flexibility index (Phi) is 2.83. The van der Waals surface area contributed by atoms with E-state index in [0.717, 1.165) is 12.2 Å². The molecule has 2 aromatic rings. The molecule has 0 aromatic carbocycles. The van der Waals surface area contributed by atoms with Crippen molar-refractivity contribution in [3.8, 4) is 5.82 Å². The van der Waals surface area contributed by atoms with Crippen molar-refractivity contribution in [2.45, 2.75) is 26.5 Å². The molecule has 0 fully saturated rings. The van der Waals surface area contributed by atoms with Crippen LogP contribution in [0.2, 0.25) is 0 Å². The fourth-order valence-electron chi connectivity index (χ4n) is 2.24. The van der Waals surface area contributed by atoms with Gasteiger partial charge in [0.1, 0.15) is 0 Å². The van der Waals surface area contributed by atoms with Gasteiger partial charge in [0.25, 0.3) is 0 Å². The zero-order valence-corrected chi connectivity index (χ0v) is 10.5. The third kappa shape index (κ3) is 1.91. The van der Waals surface area contributed by atoms with Crippen molar-refractivity contribution in [3.05, 3.63) is 29.2 Å². The summed E-state index contributed by atoms with van der Waals surface area (Å²) in [6.07, 6.45) is 2.50. The van der Waals surface area contributed by atoms with E-state index in [9.17, 15) is 9.90 Å². The standard InChI is InChI=1S/C12H14N4O3/c1-2-15-5-3-10(13-15)16-9-4-6-19-7-8(9)11(14-16)12(17)18/h3,5H,2,4,6-7H2,1H3,(H,17,18). The van der Waals surface area contributed by atoms with Gasteiger partial charge in [-0.3, -0.25) is 4.68 Å². The molecule has 0 spiro atoms. The van der Waals surface area contributed by atoms with E-state index in [4.69, 9.17) is 4.74 Å². The number of aromatic carboxylic acids is 1. The highest BCUT2D eigenvalue weighted by molar-refractivity contribution is 5.87. The summed E-state index contributed by atoms with van der Waals surface area (Å²) in [6.45, 7) is 3.63. The van der Waals surface area contributed by atoms with E-state index >= 15 is 0 Å². The van der Waals surface area contributed by atoms with E-state index in [0.29, 0.717) is 31.0 Å². The fraction of sp³-hybridized carbons (Fsp3) is 0.417. The van der Waals surface area contributed by atoms with Gasteiger partial charge in [0.2, 0.25) is 0 Å². The van der Waals surface area contributed by atoms with Crippen LogP contribution in [0.15, 0.2) is 12.3 Å². The van der Waals surface area contributed by atoms with Crippen molar-refractivity contribution >= 4 is 5.97 Å². The third-order valence-corrected chi connectivity index (χ3v) is 3.19. The van der Waals surface area contributed by atoms with E-state index in [2.05, 4.69) is 10.2 Å². The number of carbonyl (C=O) groups is 1. The molecule has 0 saturated heterocycles. The topological polar surface area (TPSA) is 82.2 Å². The van der Waals surface area contributed by atoms with Crippen LogP contribution in [0.5, 0.6) is 0 Å². The first-order chi connectivity index (χ1) is 9.20. The molecule has 3 rings (SSSR count). The van der Waals surface area contributed by atoms with E-state index < -0.39 is 5.97 Å². The Morgan fingerprint density at radius 3 is 3.05 bits per heavy atom. The Labute approximate surface area is 109 Å². The predicted molar refractivity (Wildman–Crippen MR) is 65.3 cm³/mol. The lowest BCUT2D eigenvalue weighted by Gasteiger charge is -2.13. The first kappa shape index (κ1) is 11.9. The lowest BCUT2D eigenvalue weighted by Crippen LogP contribution is -2.14. The summed E-state index contributed by atoms with van der Waals surface area (Å²) in [4.78, 5) is 11.2. The molecule has 100 valence electrons. The molecule has 1 N–H and O–H groups in total. The zero-order chi connectivity index (χ0) is 13.4. The monoisotopic (exact) mass is 262 g/mol. The summed E-state index contributed by atoms with van der Waals surface area (Å²) in [5, 5.41) is 17.7. The summed E-state index contributed by atoms with van der Waals surface area (Å²) in [6, 6.07) is 1.83. The Hall–Kier alpha value is -2.15. The number of nitrogens with zero attached hydrogens (tertiary/aromatic N) is 4. The lowest BCUT2D eigenvalue weighted by atomic mass is 10.1. The molecule has 1 aliphatic heterocycles. The van der Waals surface area contributed by atoms with Gasteiger partial charge in [0.15, 0.2) is 11.5 Å². The molecule has 2 aromatic heterocycles. The number of fused-ring (bicyclic) bond motifs is 1. The van der Waals surface area contributed by atoms with Crippen molar-refractivity contribution in [2.24, 2.45) is 0 Å². The lowest BCUT2D eigenvalue weighted by molar-refractivity contribution is 0.0677. The van der Waals surface area contributed by atoms with Crippen LogP contribution >= 0.6 is 0 Å². The van der Waals surface area contributed by atoms with Crippen LogP contribution in [-0.4, -0.2) is 37.2 Å². The van der Waals surface area contributed by atoms with Crippen LogP contribution in [0.25, 0.3) is 5.82 Å². The van der Waals surface area contributed by atoms with E-state index in [1.165, 1.54) is 0 Å². The zero-order valence-electron chi connectivity index (χ0n) is 10.5. The van der Waals surface area contributed by atoms with Gasteiger partial charge in [-0.15, -0.1) is 0 Å². The molecule has 3 heterocycles. The molecule has 0 saturated carbocycles. The van der Waals surface area contributed by atoms with Crippen molar-refractivity contribution in [2.75, 3.05) is 6.61 Å². The van der Waals surface area contributed by atoms with Gasteiger partial charge in [-0.1, -0.05) is 0 Å². The van der Waals surface area contributed by atoms with Crippen LogP contribution < -0.4 is 0 Å². The van der Waals surface area contributed by atoms with Crippen molar-refractivity contribution in [1.29, 1.82) is 0 Å². The normalized spacial score (nSPS) is 14.4. The molecule has 0 amide bonds. The van der Waals surface area contributed by atoms with Gasteiger partial charge in [0, 0.05) is 30.8 Å². The minimum Gasteiger partial charge on any atom is -0.476 e. The molecule has 1 aliphatic rings. The summed E-state index contributed by atoms with van der Waals surface area (Å²) in [7, 11) is 0. The molecular formula is C12H14N4O3. The Balaban J connectivity index is 2.13. The van der Waals surface area contributed by atoms with Gasteiger partial charge >= 0.3 is 5.97 Å². The first-order valence-corrected chi connectivity index (χ1v) is 6.16. The summed E-state index contributed by atoms with van der Waals surface area (Å²) in [5.74, 6) is -0.386. The summed E-state index contributed by atoms with van der Waals surface area (Å²) in [5.41, 5.74) is 1.59. The van der Waals surface area contributed by atoms with E-state index in [1.54, 1.807) is 9.36 Å². The molecule has 0 bridgehead atoms. The van der Waals surface area contributed by atoms with E-state index in [1.807, 2.05) is 19.2 Å². The molecule has 7 nitrogen and oxygen atoms in total. The molecular weight excluding hydrogens is 248 g/mol. The molecule has 7 heteroatoms. The second-order valence-electron chi connectivity index (χ2n) is 4.32. The second-order valence-corrected chi connectivity index (χ2v) is 4.32. The highest BCUT2D eigenvalue weighted by Gasteiger charge is 2.26. The third-order valence-electron chi connectivity index (χ3n) is 3.19. The smallest absolute Gasteiger partial charge is 0.356 e. The van der Waals surface area contributed by atoms with Crippen LogP contribution in [0.1, 0.15) is 28.7 Å². The van der Waals surface area contributed by atoms with E-state index in [-0.39, 0.29) is 5.69 Å². The van der Waals surface area contributed by atoms with Gasteiger partial charge < -0.3 is 9.84 Å². The Morgan fingerprint density at radius 1 is 1.53 bits per heavy atom. The molecule has 0 radical (unpaired) electrons. The highest BCUT2D eigenvalue weighted by Crippen LogP contribution is 2.23. The Morgan fingerprint density at radius 2 is 2.37 bits per heavy atom. The molecule has 0 atom stereocenters.